The lowest BCUT2D eigenvalue weighted by Crippen LogP contribution is -2.21. The molecule has 2 heterocycles. The third-order valence-corrected chi connectivity index (χ3v) is 6.51. The van der Waals surface area contributed by atoms with E-state index in [0.29, 0.717) is 40.9 Å². The van der Waals surface area contributed by atoms with Crippen LogP contribution < -0.4 is 29.4 Å². The van der Waals surface area contributed by atoms with Crippen LogP contribution in [0.4, 0.5) is 4.39 Å². The number of nitrogens with two attached hydrogens (primary N) is 1. The summed E-state index contributed by atoms with van der Waals surface area (Å²) in [5.41, 5.74) is 8.33. The molecule has 0 radical (unpaired) electrons. The lowest BCUT2D eigenvalue weighted by atomic mass is 9.83. The number of halogens is 2. The van der Waals surface area contributed by atoms with E-state index in [9.17, 15) is 9.65 Å². The summed E-state index contributed by atoms with van der Waals surface area (Å²) in [6.45, 7) is 2.41. The fourth-order valence-corrected chi connectivity index (χ4v) is 4.89. The molecule has 0 saturated carbocycles. The van der Waals surface area contributed by atoms with Gasteiger partial charge in [-0.05, 0) is 59.3 Å². The molecule has 3 aromatic rings. The summed E-state index contributed by atoms with van der Waals surface area (Å²) in [6, 6.07) is 15.9. The maximum atomic E-state index is 14.1. The van der Waals surface area contributed by atoms with Crippen molar-refractivity contribution in [3.8, 4) is 34.8 Å². The van der Waals surface area contributed by atoms with E-state index in [-0.39, 0.29) is 30.7 Å². The van der Waals surface area contributed by atoms with Gasteiger partial charge in [0.15, 0.2) is 23.0 Å². The molecule has 3 aromatic carbocycles. The highest BCUT2D eigenvalue weighted by Gasteiger charge is 2.34. The van der Waals surface area contributed by atoms with Gasteiger partial charge in [-0.2, -0.15) is 5.26 Å². The first-order chi connectivity index (χ1) is 17.0. The van der Waals surface area contributed by atoms with Crippen molar-refractivity contribution in [1.82, 2.24) is 0 Å². The third kappa shape index (κ3) is 4.30. The molecule has 0 amide bonds. The molecule has 2 N–H and O–H groups in total. The Balaban J connectivity index is 1.58. The molecule has 9 heteroatoms. The molecule has 0 bridgehead atoms. The Morgan fingerprint density at radius 3 is 2.63 bits per heavy atom. The van der Waals surface area contributed by atoms with E-state index in [2.05, 4.69) is 28.7 Å². The number of nitrogens with zero attached hydrogens (tertiary/aromatic N) is 1. The molecule has 7 nitrogen and oxygen atoms in total. The van der Waals surface area contributed by atoms with Crippen molar-refractivity contribution in [2.75, 3.05) is 13.4 Å². The van der Waals surface area contributed by atoms with Crippen molar-refractivity contribution in [3.05, 3.63) is 86.1 Å². The number of rotatable bonds is 6. The monoisotopic (exact) mass is 586 g/mol. The first-order valence-corrected chi connectivity index (χ1v) is 11.9. The number of ether oxygens (including phenoxy) is 5. The minimum atomic E-state index is -0.522. The topological polar surface area (TPSA) is 96.0 Å². The summed E-state index contributed by atoms with van der Waals surface area (Å²) in [5, 5.41) is 9.93. The van der Waals surface area contributed by atoms with Crippen molar-refractivity contribution < 1.29 is 28.1 Å². The molecule has 0 saturated heterocycles. The quantitative estimate of drug-likeness (QED) is 0.389. The maximum Gasteiger partial charge on any atom is 0.231 e. The Morgan fingerprint density at radius 2 is 1.89 bits per heavy atom. The van der Waals surface area contributed by atoms with Crippen LogP contribution in [0.2, 0.25) is 0 Å². The average molecular weight is 586 g/mol. The molecule has 0 aromatic heterocycles. The van der Waals surface area contributed by atoms with Crippen molar-refractivity contribution in [2.24, 2.45) is 5.73 Å². The third-order valence-electron chi connectivity index (χ3n) is 5.71. The molecule has 1 atom stereocenters. The first kappa shape index (κ1) is 23.1. The minimum Gasteiger partial charge on any atom is -0.490 e. The van der Waals surface area contributed by atoms with Gasteiger partial charge in [-0.25, -0.2) is 4.39 Å². The van der Waals surface area contributed by atoms with Gasteiger partial charge in [-0.3, -0.25) is 0 Å². The predicted octanol–water partition coefficient (Wildman–Crippen LogP) is 5.35. The predicted molar refractivity (Wildman–Crippen MR) is 133 cm³/mol. The van der Waals surface area contributed by atoms with Crippen molar-refractivity contribution >= 4 is 22.6 Å². The van der Waals surface area contributed by atoms with Crippen LogP contribution in [0.1, 0.15) is 29.5 Å². The second-order valence-corrected chi connectivity index (χ2v) is 8.97. The minimum absolute atomic E-state index is 0.0247. The molecular weight excluding hydrogens is 566 g/mol. The molecule has 0 unspecified atom stereocenters. The summed E-state index contributed by atoms with van der Waals surface area (Å²) in [5.74, 6) is 1.75. The highest BCUT2D eigenvalue weighted by Crippen LogP contribution is 2.49. The zero-order valence-electron chi connectivity index (χ0n) is 18.6. The molecule has 0 fully saturated rings. The maximum absolute atomic E-state index is 14.1. The second kappa shape index (κ2) is 9.54. The lowest BCUT2D eigenvalue weighted by Gasteiger charge is -2.27. The van der Waals surface area contributed by atoms with Crippen LogP contribution >= 0.6 is 22.6 Å². The number of allylic oxidation sites excluding steroid dienone is 1. The first-order valence-electron chi connectivity index (χ1n) is 10.8. The smallest absolute Gasteiger partial charge is 0.231 e. The Labute approximate surface area is 214 Å². The van der Waals surface area contributed by atoms with Gasteiger partial charge in [0.1, 0.15) is 29.8 Å². The second-order valence-electron chi connectivity index (χ2n) is 7.81. The summed E-state index contributed by atoms with van der Waals surface area (Å²) < 4.78 is 43.5. The van der Waals surface area contributed by atoms with E-state index in [1.54, 1.807) is 24.3 Å². The Kier molecular flexibility index (Phi) is 6.30. The standard InChI is InChI=1S/C26H20FIN2O5/c1-2-31-23-8-15(7-19(28)25(23)32-12-14-5-3-4-6-18(14)27)24-16-9-21-22(34-13-33-21)10-20(16)35-26(30)17(24)11-29/h3-10,24H,2,12-13,30H2,1H3/t24-/m1/s1. The fraction of sp³-hybridized carbons (Fsp3) is 0.192. The molecule has 2 aliphatic heterocycles. The van der Waals surface area contributed by atoms with Gasteiger partial charge in [-0.1, -0.05) is 18.2 Å². The largest absolute Gasteiger partial charge is 0.490 e. The highest BCUT2D eigenvalue weighted by atomic mass is 127. The van der Waals surface area contributed by atoms with Crippen molar-refractivity contribution in [3.63, 3.8) is 0 Å². The summed E-state index contributed by atoms with van der Waals surface area (Å²) in [6.07, 6.45) is 0. The van der Waals surface area contributed by atoms with E-state index in [1.807, 2.05) is 25.1 Å². The molecule has 0 spiro atoms. The van der Waals surface area contributed by atoms with Crippen LogP contribution in [0, 0.1) is 20.7 Å². The van der Waals surface area contributed by atoms with E-state index >= 15 is 0 Å². The van der Waals surface area contributed by atoms with E-state index in [1.165, 1.54) is 6.07 Å². The fourth-order valence-electron chi connectivity index (χ4n) is 4.11. The number of benzene rings is 3. The Morgan fingerprint density at radius 1 is 1.11 bits per heavy atom. The lowest BCUT2D eigenvalue weighted by molar-refractivity contribution is 0.174. The number of fused-ring (bicyclic) bond motifs is 2. The van der Waals surface area contributed by atoms with Crippen molar-refractivity contribution in [2.45, 2.75) is 19.4 Å². The molecule has 2 aliphatic rings. The number of nitriles is 1. The van der Waals surface area contributed by atoms with Gasteiger partial charge in [0.2, 0.25) is 12.7 Å². The average Bonchev–Trinajstić information content (AvgIpc) is 3.30. The van der Waals surface area contributed by atoms with Crippen LogP contribution in [0.3, 0.4) is 0 Å². The Hall–Kier alpha value is -3.65. The van der Waals surface area contributed by atoms with Crippen LogP contribution in [-0.2, 0) is 6.61 Å². The summed E-state index contributed by atoms with van der Waals surface area (Å²) in [7, 11) is 0. The van der Waals surface area contributed by atoms with Crippen LogP contribution in [0.25, 0.3) is 0 Å². The van der Waals surface area contributed by atoms with E-state index in [4.69, 9.17) is 29.4 Å². The molecule has 178 valence electrons. The molecule has 35 heavy (non-hydrogen) atoms. The van der Waals surface area contributed by atoms with Crippen LogP contribution in [-0.4, -0.2) is 13.4 Å². The SMILES string of the molecule is CCOc1cc([C@H]2C(C#N)=C(N)Oc3cc4c(cc32)OCO4)cc(I)c1OCc1ccccc1F. The summed E-state index contributed by atoms with van der Waals surface area (Å²) >= 11 is 2.15. The Bertz CT molecular complexity index is 1380. The highest BCUT2D eigenvalue weighted by molar-refractivity contribution is 14.1. The van der Waals surface area contributed by atoms with E-state index in [0.717, 1.165) is 14.7 Å². The van der Waals surface area contributed by atoms with Gasteiger partial charge < -0.3 is 29.4 Å². The zero-order valence-corrected chi connectivity index (χ0v) is 20.8. The molecular formula is C26H20FIN2O5. The van der Waals surface area contributed by atoms with Gasteiger partial charge in [-0.15, -0.1) is 0 Å². The van der Waals surface area contributed by atoms with Crippen LogP contribution in [0.5, 0.6) is 28.7 Å². The van der Waals surface area contributed by atoms with Gasteiger partial charge in [0, 0.05) is 17.2 Å². The van der Waals surface area contributed by atoms with Crippen LogP contribution in [0.15, 0.2) is 60.0 Å². The summed E-state index contributed by atoms with van der Waals surface area (Å²) in [4.78, 5) is 0. The number of hydrogen-bond donors (Lipinski definition) is 1. The normalized spacial score (nSPS) is 15.8. The van der Waals surface area contributed by atoms with Crippen molar-refractivity contribution in [1.29, 1.82) is 5.26 Å². The van der Waals surface area contributed by atoms with E-state index < -0.39 is 5.92 Å². The molecule has 0 aliphatic carbocycles. The molecule has 5 rings (SSSR count). The van der Waals surface area contributed by atoms with Gasteiger partial charge in [0.25, 0.3) is 0 Å². The van der Waals surface area contributed by atoms with Gasteiger partial charge in [0.05, 0.1) is 16.1 Å². The zero-order chi connectivity index (χ0) is 24.5. The van der Waals surface area contributed by atoms with Gasteiger partial charge >= 0.3 is 0 Å². The number of hydrogen-bond acceptors (Lipinski definition) is 7.